The summed E-state index contributed by atoms with van der Waals surface area (Å²) in [6.07, 6.45) is 0. The molecule has 0 saturated heterocycles. The van der Waals surface area contributed by atoms with Gasteiger partial charge in [-0.15, -0.1) is 0 Å². The van der Waals surface area contributed by atoms with E-state index >= 15 is 0 Å². The van der Waals surface area contributed by atoms with Gasteiger partial charge in [0.25, 0.3) is 5.97 Å². The van der Waals surface area contributed by atoms with E-state index in [2.05, 4.69) is 0 Å². The van der Waals surface area contributed by atoms with Gasteiger partial charge < -0.3 is 24.4 Å². The van der Waals surface area contributed by atoms with Gasteiger partial charge in [0.05, 0.1) is 7.82 Å². The maximum Gasteiger partial charge on any atom is 2.00 e. The van der Waals surface area contributed by atoms with Crippen molar-refractivity contribution in [2.24, 2.45) is 0 Å². The van der Waals surface area contributed by atoms with Crippen molar-refractivity contribution in [3.63, 3.8) is 0 Å². The van der Waals surface area contributed by atoms with Gasteiger partial charge in [-0.3, -0.25) is 4.79 Å². The first-order chi connectivity index (χ1) is 3.73. The Labute approximate surface area is 87.1 Å². The second-order valence-corrected chi connectivity index (χ2v) is 1.92. The molecular weight excluding hydrogens is 191 g/mol. The van der Waals surface area contributed by atoms with Gasteiger partial charge in [-0.05, 0) is 0 Å². The Morgan fingerprint density at radius 3 is 1.50 bits per heavy atom. The van der Waals surface area contributed by atoms with E-state index in [1.165, 1.54) is 0 Å². The summed E-state index contributed by atoms with van der Waals surface area (Å²) in [5.41, 5.74) is 0. The number of carboxylic acid groups (broad SMARTS) is 1. The largest absolute Gasteiger partial charge is 2.00 e. The van der Waals surface area contributed by atoms with Crippen LogP contribution in [0, 0.1) is 0 Å². The van der Waals surface area contributed by atoms with Crippen LogP contribution >= 0.6 is 7.82 Å². The Morgan fingerprint density at radius 1 is 1.50 bits per heavy atom. The quantitative estimate of drug-likeness (QED) is 0.326. The Kier molecular flexibility index (Phi) is 13.6. The Bertz CT molecular complexity index is 115. The fourth-order valence-corrected chi connectivity index (χ4v) is 0. The molecule has 0 atom stereocenters. The molecule has 0 aliphatic carbocycles. The zero-order valence-corrected chi connectivity index (χ0v) is 8.28. The molecular formula is C2H5CaO6P. The summed E-state index contributed by atoms with van der Waals surface area (Å²) < 4.78 is 8.66. The molecule has 0 spiro atoms. The monoisotopic (exact) mass is 196 g/mol. The molecule has 0 aromatic rings. The molecule has 0 unspecified atom stereocenters. The van der Waals surface area contributed by atoms with Crippen LogP contribution in [0.4, 0.5) is 0 Å². The number of hydrogen-bond donors (Lipinski definition) is 2. The molecule has 8 heteroatoms. The van der Waals surface area contributed by atoms with Gasteiger partial charge in [0.1, 0.15) is 0 Å². The van der Waals surface area contributed by atoms with Crippen molar-refractivity contribution in [1.82, 2.24) is 0 Å². The summed E-state index contributed by atoms with van der Waals surface area (Å²) in [6, 6.07) is 0. The molecule has 0 radical (unpaired) electrons. The van der Waals surface area contributed by atoms with Crippen molar-refractivity contribution in [3.8, 4) is 0 Å². The van der Waals surface area contributed by atoms with Crippen molar-refractivity contribution in [1.29, 1.82) is 0 Å². The maximum atomic E-state index is 9.00. The van der Waals surface area contributed by atoms with Gasteiger partial charge in [0, 0.05) is 6.92 Å². The van der Waals surface area contributed by atoms with Gasteiger partial charge >= 0.3 is 37.7 Å². The van der Waals surface area contributed by atoms with Gasteiger partial charge in [-0.2, -0.15) is 0 Å². The van der Waals surface area contributed by atoms with E-state index in [1.807, 2.05) is 0 Å². The summed E-state index contributed by atoms with van der Waals surface area (Å²) >= 11 is 0. The van der Waals surface area contributed by atoms with Crippen molar-refractivity contribution in [2.45, 2.75) is 6.92 Å². The molecule has 0 aliphatic rings. The van der Waals surface area contributed by atoms with Crippen molar-refractivity contribution >= 4 is 51.5 Å². The number of phosphoric acid groups is 1. The van der Waals surface area contributed by atoms with Crippen LogP contribution in [0.25, 0.3) is 0 Å². The topological polar surface area (TPSA) is 121 Å². The zero-order valence-electron chi connectivity index (χ0n) is 5.18. The van der Waals surface area contributed by atoms with Crippen LogP contribution in [-0.4, -0.2) is 53.7 Å². The molecule has 0 bridgehead atoms. The van der Waals surface area contributed by atoms with E-state index in [9.17, 15) is 0 Å². The van der Waals surface area contributed by atoms with Crippen LogP contribution < -0.4 is 9.79 Å². The van der Waals surface area contributed by atoms with Crippen LogP contribution in [0.15, 0.2) is 0 Å². The first kappa shape index (κ1) is 17.1. The molecule has 2 N–H and O–H groups in total. The van der Waals surface area contributed by atoms with Crippen molar-refractivity contribution < 1.29 is 29.1 Å². The van der Waals surface area contributed by atoms with E-state index < -0.39 is 13.8 Å². The van der Waals surface area contributed by atoms with E-state index in [1.54, 1.807) is 0 Å². The predicted octanol–water partition coefficient (Wildman–Crippen LogP) is -2.48. The van der Waals surface area contributed by atoms with E-state index in [0.29, 0.717) is 0 Å². The van der Waals surface area contributed by atoms with E-state index in [0.717, 1.165) is 6.92 Å². The second kappa shape index (κ2) is 7.94. The molecule has 56 valence electrons. The standard InChI is InChI=1S/C2H4O2.Ca.H3O4P/c1-2(3)4;;1-5(2,3)4/h1H3,(H,3,4);;(H3,1,2,3,4)/q;+2;/p-2. The first-order valence-electron chi connectivity index (χ1n) is 1.68. The minimum atomic E-state index is -5.14. The molecule has 0 aromatic heterocycles. The summed E-state index contributed by atoms with van der Waals surface area (Å²) in [5.74, 6) is -0.833. The van der Waals surface area contributed by atoms with Crippen molar-refractivity contribution in [2.75, 3.05) is 0 Å². The molecule has 0 aliphatic heterocycles. The van der Waals surface area contributed by atoms with Crippen molar-refractivity contribution in [3.05, 3.63) is 0 Å². The molecule has 0 saturated carbocycles. The molecule has 6 nitrogen and oxygen atoms in total. The summed E-state index contributed by atoms with van der Waals surface area (Å²) in [5, 5.41) is 7.42. The summed E-state index contributed by atoms with van der Waals surface area (Å²) in [4.78, 5) is 33.3. The minimum absolute atomic E-state index is 0. The van der Waals surface area contributed by atoms with E-state index in [4.69, 9.17) is 29.1 Å². The fourth-order valence-electron chi connectivity index (χ4n) is 0. The zero-order chi connectivity index (χ0) is 8.08. The Hall–Kier alpha value is 0.840. The average Bonchev–Trinajstić information content (AvgIpc) is 1.19. The van der Waals surface area contributed by atoms with Crippen LogP contribution in [0.5, 0.6) is 0 Å². The Morgan fingerprint density at radius 2 is 1.50 bits per heavy atom. The first-order valence-corrected chi connectivity index (χ1v) is 3.17. The smallest absolute Gasteiger partial charge is 0.790 e. The van der Waals surface area contributed by atoms with Gasteiger partial charge in [-0.25, -0.2) is 0 Å². The third-order valence-electron chi connectivity index (χ3n) is 0. The minimum Gasteiger partial charge on any atom is -0.790 e. The van der Waals surface area contributed by atoms with Crippen LogP contribution in [0.1, 0.15) is 6.92 Å². The van der Waals surface area contributed by atoms with Gasteiger partial charge in [0.15, 0.2) is 0 Å². The number of rotatable bonds is 0. The van der Waals surface area contributed by atoms with Crippen LogP contribution in [0.3, 0.4) is 0 Å². The third kappa shape index (κ3) is 770. The summed E-state index contributed by atoms with van der Waals surface area (Å²) in [6.45, 7) is 1.08. The molecule has 0 amide bonds. The SMILES string of the molecule is CC(=O)O.O=P([O-])([O-])O.[Ca+2]. The second-order valence-electron chi connectivity index (χ2n) is 0.988. The predicted molar refractivity (Wildman–Crippen MR) is 28.9 cm³/mol. The van der Waals surface area contributed by atoms with Gasteiger partial charge in [-0.1, -0.05) is 0 Å². The molecule has 0 heterocycles. The van der Waals surface area contributed by atoms with Crippen LogP contribution in [0.2, 0.25) is 0 Å². The number of aliphatic carboxylic acids is 1. The average molecular weight is 196 g/mol. The summed E-state index contributed by atoms with van der Waals surface area (Å²) in [7, 11) is -5.14. The Balaban J connectivity index is -0.0000000910. The van der Waals surface area contributed by atoms with Gasteiger partial charge in [0.2, 0.25) is 0 Å². The van der Waals surface area contributed by atoms with E-state index in [-0.39, 0.29) is 37.7 Å². The molecule has 0 fully saturated rings. The molecule has 10 heavy (non-hydrogen) atoms. The number of carbonyl (C=O) groups is 1. The molecule has 0 aromatic carbocycles. The third-order valence-corrected chi connectivity index (χ3v) is 0. The normalized spacial score (nSPS) is 8.40. The number of hydrogen-bond acceptors (Lipinski definition) is 4. The fraction of sp³-hybridized carbons (Fsp3) is 0.500. The number of carboxylic acids is 1. The van der Waals surface area contributed by atoms with Crippen LogP contribution in [-0.2, 0) is 9.36 Å². The molecule has 0 rings (SSSR count). The maximum absolute atomic E-state index is 9.00.